The standard InChI is InChI=1S/C10H9F4NO3/c11-6-3-5(7(15)4-9(16)17)1-2-8(6)18-10(12,13)14/h1-3,7H,4,15H2,(H,16,17)/t7-/m0/s1. The number of ether oxygens (including phenoxy) is 1. The second-order valence-corrected chi connectivity index (χ2v) is 3.44. The van der Waals surface area contributed by atoms with E-state index in [0.717, 1.165) is 12.1 Å². The lowest BCUT2D eigenvalue weighted by Crippen LogP contribution is -2.19. The molecule has 1 aromatic rings. The smallest absolute Gasteiger partial charge is 0.481 e. The topological polar surface area (TPSA) is 72.6 Å². The van der Waals surface area contributed by atoms with E-state index < -0.39 is 36.4 Å². The zero-order chi connectivity index (χ0) is 13.9. The minimum absolute atomic E-state index is 0.0735. The molecule has 18 heavy (non-hydrogen) atoms. The van der Waals surface area contributed by atoms with Crippen molar-refractivity contribution in [2.24, 2.45) is 5.73 Å². The number of alkyl halides is 3. The van der Waals surface area contributed by atoms with Gasteiger partial charge in [0.1, 0.15) is 0 Å². The van der Waals surface area contributed by atoms with E-state index in [1.807, 2.05) is 0 Å². The minimum Gasteiger partial charge on any atom is -0.481 e. The van der Waals surface area contributed by atoms with Crippen molar-refractivity contribution in [3.05, 3.63) is 29.6 Å². The van der Waals surface area contributed by atoms with Gasteiger partial charge in [0, 0.05) is 6.04 Å². The number of hydrogen-bond acceptors (Lipinski definition) is 3. The highest BCUT2D eigenvalue weighted by atomic mass is 19.4. The molecule has 0 saturated carbocycles. The molecule has 0 aromatic heterocycles. The molecule has 0 amide bonds. The maximum Gasteiger partial charge on any atom is 0.573 e. The highest BCUT2D eigenvalue weighted by Crippen LogP contribution is 2.27. The lowest BCUT2D eigenvalue weighted by atomic mass is 10.0. The largest absolute Gasteiger partial charge is 0.573 e. The second kappa shape index (κ2) is 5.21. The van der Waals surface area contributed by atoms with Gasteiger partial charge in [-0.2, -0.15) is 0 Å². The van der Waals surface area contributed by atoms with Crippen LogP contribution in [0.3, 0.4) is 0 Å². The van der Waals surface area contributed by atoms with E-state index >= 15 is 0 Å². The molecule has 1 atom stereocenters. The van der Waals surface area contributed by atoms with E-state index in [-0.39, 0.29) is 5.56 Å². The quantitative estimate of drug-likeness (QED) is 0.820. The Morgan fingerprint density at radius 1 is 1.44 bits per heavy atom. The summed E-state index contributed by atoms with van der Waals surface area (Å²) in [6, 6.07) is 1.55. The number of halogens is 4. The van der Waals surface area contributed by atoms with Gasteiger partial charge in [-0.15, -0.1) is 13.2 Å². The van der Waals surface area contributed by atoms with Crippen LogP contribution in [0.5, 0.6) is 5.75 Å². The van der Waals surface area contributed by atoms with Crippen molar-refractivity contribution in [3.8, 4) is 5.75 Å². The van der Waals surface area contributed by atoms with Gasteiger partial charge in [0.25, 0.3) is 0 Å². The molecule has 8 heteroatoms. The zero-order valence-electron chi connectivity index (χ0n) is 8.87. The molecule has 0 heterocycles. The van der Waals surface area contributed by atoms with Crippen molar-refractivity contribution in [3.63, 3.8) is 0 Å². The highest BCUT2D eigenvalue weighted by Gasteiger charge is 2.32. The number of aliphatic carboxylic acids is 1. The Kier molecular flexibility index (Phi) is 4.12. The molecule has 0 saturated heterocycles. The van der Waals surface area contributed by atoms with Crippen molar-refractivity contribution in [2.45, 2.75) is 18.8 Å². The fraction of sp³-hybridized carbons (Fsp3) is 0.300. The summed E-state index contributed by atoms with van der Waals surface area (Å²) in [6.07, 6.45) is -5.45. The molecule has 100 valence electrons. The molecule has 0 spiro atoms. The average molecular weight is 267 g/mol. The first kappa shape index (κ1) is 14.2. The Balaban J connectivity index is 2.88. The van der Waals surface area contributed by atoms with Crippen LogP contribution in [0.4, 0.5) is 17.6 Å². The number of nitrogens with two attached hydrogens (primary N) is 1. The van der Waals surface area contributed by atoms with Crippen LogP contribution in [0.25, 0.3) is 0 Å². The third kappa shape index (κ3) is 4.21. The summed E-state index contributed by atoms with van der Waals surface area (Å²) in [5, 5.41) is 8.47. The average Bonchev–Trinajstić information content (AvgIpc) is 2.18. The molecule has 0 fully saturated rings. The molecule has 4 nitrogen and oxygen atoms in total. The monoisotopic (exact) mass is 267 g/mol. The lowest BCUT2D eigenvalue weighted by Gasteiger charge is -2.13. The first-order valence-corrected chi connectivity index (χ1v) is 4.71. The fourth-order valence-electron chi connectivity index (χ4n) is 1.26. The van der Waals surface area contributed by atoms with E-state index in [0.29, 0.717) is 6.07 Å². The lowest BCUT2D eigenvalue weighted by molar-refractivity contribution is -0.275. The predicted molar refractivity (Wildman–Crippen MR) is 52.3 cm³/mol. The van der Waals surface area contributed by atoms with Crippen molar-refractivity contribution < 1.29 is 32.2 Å². The Morgan fingerprint density at radius 3 is 2.50 bits per heavy atom. The Bertz CT molecular complexity index is 447. The summed E-state index contributed by atoms with van der Waals surface area (Å²) in [5.41, 5.74) is 5.51. The van der Waals surface area contributed by atoms with Crippen LogP contribution in [0.2, 0.25) is 0 Å². The first-order chi connectivity index (χ1) is 8.19. The maximum absolute atomic E-state index is 13.3. The third-order valence-electron chi connectivity index (χ3n) is 2.00. The normalized spacial score (nSPS) is 13.2. The van der Waals surface area contributed by atoms with Gasteiger partial charge in [0.2, 0.25) is 0 Å². The number of carboxylic acids is 1. The summed E-state index contributed by atoms with van der Waals surface area (Å²) in [7, 11) is 0. The fourth-order valence-corrected chi connectivity index (χ4v) is 1.26. The molecule has 1 aromatic carbocycles. The zero-order valence-corrected chi connectivity index (χ0v) is 8.87. The van der Waals surface area contributed by atoms with Gasteiger partial charge in [-0.3, -0.25) is 4.79 Å². The number of carboxylic acid groups (broad SMARTS) is 1. The van der Waals surface area contributed by atoms with Gasteiger partial charge >= 0.3 is 12.3 Å². The molecule has 0 aliphatic heterocycles. The van der Waals surface area contributed by atoms with Gasteiger partial charge in [-0.25, -0.2) is 4.39 Å². The Hall–Kier alpha value is -1.83. The third-order valence-corrected chi connectivity index (χ3v) is 2.00. The van der Waals surface area contributed by atoms with E-state index in [1.165, 1.54) is 0 Å². The molecule has 3 N–H and O–H groups in total. The summed E-state index contributed by atoms with van der Waals surface area (Å²) in [5.74, 6) is -3.45. The molecule has 0 unspecified atom stereocenters. The van der Waals surface area contributed by atoms with Gasteiger partial charge in [0.05, 0.1) is 6.42 Å². The van der Waals surface area contributed by atoms with E-state index in [4.69, 9.17) is 10.8 Å². The Morgan fingerprint density at radius 2 is 2.06 bits per heavy atom. The van der Waals surface area contributed by atoms with Gasteiger partial charge in [-0.05, 0) is 17.7 Å². The van der Waals surface area contributed by atoms with Gasteiger partial charge in [-0.1, -0.05) is 6.07 Å². The van der Waals surface area contributed by atoms with Crippen LogP contribution >= 0.6 is 0 Å². The molecular formula is C10H9F4NO3. The van der Waals surface area contributed by atoms with Crippen molar-refractivity contribution in [2.75, 3.05) is 0 Å². The minimum atomic E-state index is -4.99. The van der Waals surface area contributed by atoms with Crippen LogP contribution in [0.15, 0.2) is 18.2 Å². The first-order valence-electron chi connectivity index (χ1n) is 4.71. The molecule has 0 aliphatic rings. The Labute approximate surface area is 99.0 Å². The second-order valence-electron chi connectivity index (χ2n) is 3.44. The summed E-state index contributed by atoms with van der Waals surface area (Å²) in [6.45, 7) is 0. The van der Waals surface area contributed by atoms with Crippen LogP contribution in [-0.2, 0) is 4.79 Å². The van der Waals surface area contributed by atoms with Crippen LogP contribution < -0.4 is 10.5 Å². The molecule has 1 rings (SSSR count). The van der Waals surface area contributed by atoms with Gasteiger partial charge < -0.3 is 15.6 Å². The van der Waals surface area contributed by atoms with E-state index in [9.17, 15) is 22.4 Å². The molecule has 0 radical (unpaired) electrons. The van der Waals surface area contributed by atoms with E-state index in [1.54, 1.807) is 0 Å². The summed E-state index contributed by atoms with van der Waals surface area (Å²) in [4.78, 5) is 10.4. The van der Waals surface area contributed by atoms with Crippen molar-refractivity contribution in [1.82, 2.24) is 0 Å². The summed E-state index contributed by atoms with van der Waals surface area (Å²) < 4.78 is 52.2. The SMILES string of the molecule is N[C@@H](CC(=O)O)c1ccc(OC(F)(F)F)c(F)c1. The molecule has 0 bridgehead atoms. The molecular weight excluding hydrogens is 258 g/mol. The number of hydrogen-bond donors (Lipinski definition) is 2. The van der Waals surface area contributed by atoms with Crippen LogP contribution in [0.1, 0.15) is 18.0 Å². The number of rotatable bonds is 4. The maximum atomic E-state index is 13.3. The number of carbonyl (C=O) groups is 1. The number of benzene rings is 1. The van der Waals surface area contributed by atoms with Gasteiger partial charge in [0.15, 0.2) is 11.6 Å². The van der Waals surface area contributed by atoms with Crippen molar-refractivity contribution >= 4 is 5.97 Å². The van der Waals surface area contributed by atoms with Crippen LogP contribution in [0, 0.1) is 5.82 Å². The predicted octanol–water partition coefficient (Wildman–Crippen LogP) is 2.20. The van der Waals surface area contributed by atoms with Crippen molar-refractivity contribution in [1.29, 1.82) is 0 Å². The molecule has 0 aliphatic carbocycles. The van der Waals surface area contributed by atoms with E-state index in [2.05, 4.69) is 4.74 Å². The van der Waals surface area contributed by atoms with Crippen LogP contribution in [-0.4, -0.2) is 17.4 Å². The summed E-state index contributed by atoms with van der Waals surface area (Å²) >= 11 is 0. The highest BCUT2D eigenvalue weighted by molar-refractivity contribution is 5.67.